The first-order valence-electron chi connectivity index (χ1n) is 6.99. The second-order valence-corrected chi connectivity index (χ2v) is 4.98. The van der Waals surface area contributed by atoms with E-state index in [2.05, 4.69) is 5.32 Å². The van der Waals surface area contributed by atoms with Gasteiger partial charge in [-0.1, -0.05) is 30.3 Å². The average molecular weight is 258 g/mol. The molecule has 1 heterocycles. The summed E-state index contributed by atoms with van der Waals surface area (Å²) in [4.78, 5) is 14.3. The summed E-state index contributed by atoms with van der Waals surface area (Å²) in [5.41, 5.74) is 1.07. The Morgan fingerprint density at radius 3 is 2.89 bits per heavy atom. The van der Waals surface area contributed by atoms with Crippen LogP contribution in [-0.2, 0) is 4.79 Å². The molecule has 19 heavy (non-hydrogen) atoms. The highest BCUT2D eigenvalue weighted by Crippen LogP contribution is 2.17. The van der Waals surface area contributed by atoms with Gasteiger partial charge in [-0.25, -0.2) is 0 Å². The highest BCUT2D eigenvalue weighted by Gasteiger charge is 2.24. The number of carbonyl (C=O) groups is 1. The van der Waals surface area contributed by atoms with Crippen LogP contribution >= 0.6 is 0 Å². The fraction of sp³-hybridized carbons (Fsp3) is 0.438. The van der Waals surface area contributed by atoms with Crippen molar-refractivity contribution in [1.29, 1.82) is 0 Å². The topological polar surface area (TPSA) is 32.3 Å². The molecule has 3 heteroatoms. The van der Waals surface area contributed by atoms with Crippen LogP contribution in [0.1, 0.15) is 24.8 Å². The first-order chi connectivity index (χ1) is 9.31. The van der Waals surface area contributed by atoms with E-state index in [1.54, 1.807) is 6.08 Å². The Morgan fingerprint density at radius 2 is 2.16 bits per heavy atom. The Balaban J connectivity index is 1.99. The summed E-state index contributed by atoms with van der Waals surface area (Å²) in [5, 5.41) is 3.18. The van der Waals surface area contributed by atoms with E-state index < -0.39 is 0 Å². The van der Waals surface area contributed by atoms with Crippen molar-refractivity contribution in [1.82, 2.24) is 10.2 Å². The molecule has 1 aliphatic heterocycles. The van der Waals surface area contributed by atoms with E-state index >= 15 is 0 Å². The van der Waals surface area contributed by atoms with Crippen molar-refractivity contribution in [3.05, 3.63) is 42.0 Å². The van der Waals surface area contributed by atoms with Crippen LogP contribution in [-0.4, -0.2) is 37.0 Å². The van der Waals surface area contributed by atoms with Crippen LogP contribution in [0.5, 0.6) is 0 Å². The summed E-state index contributed by atoms with van der Waals surface area (Å²) in [6, 6.07) is 10.3. The van der Waals surface area contributed by atoms with E-state index in [-0.39, 0.29) is 5.91 Å². The minimum atomic E-state index is 0.129. The van der Waals surface area contributed by atoms with Crippen molar-refractivity contribution in [3.63, 3.8) is 0 Å². The number of nitrogens with one attached hydrogen (secondary N) is 1. The maximum Gasteiger partial charge on any atom is 0.246 e. The van der Waals surface area contributed by atoms with Crippen LogP contribution in [0.15, 0.2) is 36.4 Å². The molecule has 1 N–H and O–H groups in total. The van der Waals surface area contributed by atoms with Gasteiger partial charge in [-0.3, -0.25) is 4.79 Å². The molecule has 1 unspecified atom stereocenters. The number of piperidine rings is 1. The Hall–Kier alpha value is -1.61. The molecular weight excluding hydrogens is 236 g/mol. The second kappa shape index (κ2) is 7.10. The number of benzene rings is 1. The Kier molecular flexibility index (Phi) is 5.16. The molecule has 1 atom stereocenters. The molecule has 0 aliphatic carbocycles. The third-order valence-corrected chi connectivity index (χ3v) is 3.57. The third kappa shape index (κ3) is 3.93. The van der Waals surface area contributed by atoms with Gasteiger partial charge in [0.1, 0.15) is 0 Å². The van der Waals surface area contributed by atoms with E-state index in [1.165, 1.54) is 6.42 Å². The highest BCUT2D eigenvalue weighted by atomic mass is 16.2. The highest BCUT2D eigenvalue weighted by molar-refractivity contribution is 5.92. The maximum atomic E-state index is 12.3. The first kappa shape index (κ1) is 13.8. The summed E-state index contributed by atoms with van der Waals surface area (Å²) < 4.78 is 0. The number of carbonyl (C=O) groups excluding carboxylic acids is 1. The van der Waals surface area contributed by atoms with E-state index in [0.29, 0.717) is 6.04 Å². The van der Waals surface area contributed by atoms with Gasteiger partial charge in [0.2, 0.25) is 5.91 Å². The van der Waals surface area contributed by atoms with Gasteiger partial charge in [0.15, 0.2) is 0 Å². The molecular formula is C16H22N2O. The summed E-state index contributed by atoms with van der Waals surface area (Å²) in [6.07, 6.45) is 7.03. The molecule has 2 rings (SSSR count). The van der Waals surface area contributed by atoms with Gasteiger partial charge in [-0.15, -0.1) is 0 Å². The zero-order valence-electron chi connectivity index (χ0n) is 11.5. The average Bonchev–Trinajstić information content (AvgIpc) is 2.47. The zero-order chi connectivity index (χ0) is 13.5. The largest absolute Gasteiger partial charge is 0.335 e. The van der Waals surface area contributed by atoms with E-state index in [9.17, 15) is 4.79 Å². The fourth-order valence-corrected chi connectivity index (χ4v) is 2.57. The Bertz CT molecular complexity index is 426. The first-order valence-corrected chi connectivity index (χ1v) is 6.99. The normalized spacial score (nSPS) is 19.8. The minimum Gasteiger partial charge on any atom is -0.335 e. The molecule has 1 amide bonds. The quantitative estimate of drug-likeness (QED) is 0.841. The predicted octanol–water partition coefficient (Wildman–Crippen LogP) is 2.30. The number of likely N-dealkylation sites (N-methyl/N-ethyl adjacent to an activating group) is 1. The molecule has 1 aromatic carbocycles. The molecule has 3 nitrogen and oxygen atoms in total. The lowest BCUT2D eigenvalue weighted by Crippen LogP contribution is -2.47. The molecule has 102 valence electrons. The van der Waals surface area contributed by atoms with Crippen LogP contribution in [0.25, 0.3) is 6.08 Å². The van der Waals surface area contributed by atoms with Crippen molar-refractivity contribution in [2.24, 2.45) is 0 Å². The minimum absolute atomic E-state index is 0.129. The van der Waals surface area contributed by atoms with Gasteiger partial charge < -0.3 is 10.2 Å². The van der Waals surface area contributed by atoms with Gasteiger partial charge in [0.25, 0.3) is 0 Å². The lowest BCUT2D eigenvalue weighted by Gasteiger charge is -2.35. The second-order valence-electron chi connectivity index (χ2n) is 4.98. The van der Waals surface area contributed by atoms with Crippen molar-refractivity contribution < 1.29 is 4.79 Å². The predicted molar refractivity (Wildman–Crippen MR) is 78.8 cm³/mol. The number of hydrogen-bond donors (Lipinski definition) is 1. The Morgan fingerprint density at radius 1 is 1.37 bits per heavy atom. The maximum absolute atomic E-state index is 12.3. The molecule has 1 aromatic rings. The van der Waals surface area contributed by atoms with Crippen LogP contribution in [0.4, 0.5) is 0 Å². The monoisotopic (exact) mass is 258 g/mol. The van der Waals surface area contributed by atoms with Crippen LogP contribution in [0, 0.1) is 0 Å². The van der Waals surface area contributed by atoms with Crippen LogP contribution < -0.4 is 5.32 Å². The van der Waals surface area contributed by atoms with Gasteiger partial charge in [0.05, 0.1) is 0 Å². The Labute approximate surface area is 115 Å². The summed E-state index contributed by atoms with van der Waals surface area (Å²) in [7, 11) is 1.94. The van der Waals surface area contributed by atoms with Crippen molar-refractivity contribution in [3.8, 4) is 0 Å². The summed E-state index contributed by atoms with van der Waals surface area (Å²) >= 11 is 0. The molecule has 0 saturated carbocycles. The van der Waals surface area contributed by atoms with Crippen LogP contribution in [0.3, 0.4) is 0 Å². The molecule has 1 fully saturated rings. The van der Waals surface area contributed by atoms with Gasteiger partial charge in [0, 0.05) is 25.2 Å². The van der Waals surface area contributed by atoms with Crippen molar-refractivity contribution >= 4 is 12.0 Å². The lowest BCUT2D eigenvalue weighted by molar-refractivity contribution is -0.129. The smallest absolute Gasteiger partial charge is 0.246 e. The number of hydrogen-bond acceptors (Lipinski definition) is 2. The SMILES string of the molecule is CNCC1CCCCN1C(=O)/C=C/c1ccccc1. The molecule has 0 radical (unpaired) electrons. The molecule has 0 bridgehead atoms. The van der Waals surface area contributed by atoms with E-state index in [1.807, 2.05) is 48.4 Å². The zero-order valence-corrected chi connectivity index (χ0v) is 11.5. The van der Waals surface area contributed by atoms with Gasteiger partial charge >= 0.3 is 0 Å². The van der Waals surface area contributed by atoms with Crippen molar-refractivity contribution in [2.75, 3.05) is 20.1 Å². The number of rotatable bonds is 4. The molecule has 1 saturated heterocycles. The molecule has 1 aliphatic rings. The van der Waals surface area contributed by atoms with Gasteiger partial charge in [-0.05, 0) is 37.9 Å². The summed E-state index contributed by atoms with van der Waals surface area (Å²) in [6.45, 7) is 1.76. The van der Waals surface area contributed by atoms with Crippen molar-refractivity contribution in [2.45, 2.75) is 25.3 Å². The van der Waals surface area contributed by atoms with Crippen LogP contribution in [0.2, 0.25) is 0 Å². The number of amides is 1. The lowest BCUT2D eigenvalue weighted by atomic mass is 10.0. The number of nitrogens with zero attached hydrogens (tertiary/aromatic N) is 1. The van der Waals surface area contributed by atoms with Gasteiger partial charge in [-0.2, -0.15) is 0 Å². The third-order valence-electron chi connectivity index (χ3n) is 3.57. The standard InChI is InChI=1S/C16H22N2O/c1-17-13-15-9-5-6-12-18(15)16(19)11-10-14-7-3-2-4-8-14/h2-4,7-8,10-11,15,17H,5-6,9,12-13H2,1H3/b11-10+. The molecule has 0 aromatic heterocycles. The number of likely N-dealkylation sites (tertiary alicyclic amines) is 1. The fourth-order valence-electron chi connectivity index (χ4n) is 2.57. The summed E-state index contributed by atoms with van der Waals surface area (Å²) in [5.74, 6) is 0.129. The van der Waals surface area contributed by atoms with E-state index in [4.69, 9.17) is 0 Å². The molecule has 0 spiro atoms. The van der Waals surface area contributed by atoms with E-state index in [0.717, 1.165) is 31.5 Å².